The molecule has 0 saturated heterocycles. The molecule has 284 valence electrons. The lowest BCUT2D eigenvalue weighted by Crippen LogP contribution is -2.29. The zero-order valence-electron chi connectivity index (χ0n) is 35.0. The molecule has 0 spiro atoms. The Kier molecular flexibility index (Phi) is 8.45. The van der Waals surface area contributed by atoms with Gasteiger partial charge in [-0.1, -0.05) is 178 Å². The Labute approximate surface area is 340 Å². The summed E-state index contributed by atoms with van der Waals surface area (Å²) >= 11 is 0. The van der Waals surface area contributed by atoms with E-state index in [0.29, 0.717) is 0 Å². The quantitative estimate of drug-likeness (QED) is 0.177. The maximum absolute atomic E-state index is 2.49. The molecular weight excluding hydrogens is 689 g/mol. The van der Waals surface area contributed by atoms with Crippen molar-refractivity contribution in [3.8, 4) is 11.1 Å². The van der Waals surface area contributed by atoms with Gasteiger partial charge in [0.2, 0.25) is 0 Å². The van der Waals surface area contributed by atoms with E-state index in [2.05, 4.69) is 236 Å². The Hall–Kier alpha value is -5.86. The number of fused-ring (bicyclic) bond motifs is 5. The maximum atomic E-state index is 2.49. The van der Waals surface area contributed by atoms with Crippen molar-refractivity contribution in [2.45, 2.75) is 84.0 Å². The SMILES string of the molecule is CC(C)(C)c1ccc(N2c3ccccc3N(c3ccc4c(c3)C(c3ccc(C(C)(C)C)cc3)(c3ccc(C(C)(C)C)cc3)c3ccccc3-4)c3ccccc32)cc1. The fourth-order valence-electron chi connectivity index (χ4n) is 9.25. The molecule has 0 bridgehead atoms. The van der Waals surface area contributed by atoms with Crippen molar-refractivity contribution in [3.63, 3.8) is 0 Å². The summed E-state index contributed by atoms with van der Waals surface area (Å²) in [6.07, 6.45) is 0. The average Bonchev–Trinajstić information content (AvgIpc) is 3.49. The van der Waals surface area contributed by atoms with Crippen molar-refractivity contribution in [2.24, 2.45) is 0 Å². The smallest absolute Gasteiger partial charge is 0.0714 e. The third-order valence-corrected chi connectivity index (χ3v) is 12.4. The molecule has 0 aromatic heterocycles. The summed E-state index contributed by atoms with van der Waals surface area (Å²) in [6.45, 7) is 20.6. The molecule has 1 heterocycles. The van der Waals surface area contributed by atoms with Gasteiger partial charge in [-0.25, -0.2) is 0 Å². The molecule has 0 N–H and O–H groups in total. The third kappa shape index (κ3) is 5.92. The van der Waals surface area contributed by atoms with Crippen molar-refractivity contribution in [1.29, 1.82) is 0 Å². The van der Waals surface area contributed by atoms with Crippen LogP contribution in [0.2, 0.25) is 0 Å². The average molecular weight is 743 g/mol. The van der Waals surface area contributed by atoms with Crippen LogP contribution < -0.4 is 9.80 Å². The number of benzene rings is 7. The van der Waals surface area contributed by atoms with Gasteiger partial charge in [0.05, 0.1) is 28.2 Å². The Bertz CT molecular complexity index is 2500. The first-order valence-corrected chi connectivity index (χ1v) is 20.5. The van der Waals surface area contributed by atoms with Crippen LogP contribution in [0.25, 0.3) is 11.1 Å². The lowest BCUT2D eigenvalue weighted by atomic mass is 9.67. The van der Waals surface area contributed by atoms with E-state index in [1.54, 1.807) is 0 Å². The lowest BCUT2D eigenvalue weighted by molar-refractivity contribution is 0.588. The van der Waals surface area contributed by atoms with Crippen molar-refractivity contribution in [3.05, 3.63) is 203 Å². The van der Waals surface area contributed by atoms with E-state index < -0.39 is 5.41 Å². The first-order chi connectivity index (χ1) is 27.2. The summed E-state index contributed by atoms with van der Waals surface area (Å²) in [5.74, 6) is 0. The molecule has 57 heavy (non-hydrogen) atoms. The summed E-state index contributed by atoms with van der Waals surface area (Å²) < 4.78 is 0. The first kappa shape index (κ1) is 36.8. The van der Waals surface area contributed by atoms with Gasteiger partial charge in [0.1, 0.15) is 0 Å². The topological polar surface area (TPSA) is 6.48 Å². The lowest BCUT2D eigenvalue weighted by Gasteiger charge is -2.41. The fourth-order valence-corrected chi connectivity index (χ4v) is 9.25. The van der Waals surface area contributed by atoms with E-state index in [1.807, 2.05) is 0 Å². The van der Waals surface area contributed by atoms with Gasteiger partial charge in [-0.2, -0.15) is 0 Å². The second-order valence-corrected chi connectivity index (χ2v) is 19.1. The predicted octanol–water partition coefficient (Wildman–Crippen LogP) is 15.2. The normalized spacial score (nSPS) is 14.5. The van der Waals surface area contributed by atoms with Crippen molar-refractivity contribution in [1.82, 2.24) is 0 Å². The monoisotopic (exact) mass is 742 g/mol. The molecule has 9 rings (SSSR count). The van der Waals surface area contributed by atoms with Gasteiger partial charge in [-0.15, -0.1) is 0 Å². The van der Waals surface area contributed by atoms with Crippen LogP contribution in [0.3, 0.4) is 0 Å². The predicted molar refractivity (Wildman–Crippen MR) is 243 cm³/mol. The van der Waals surface area contributed by atoms with Gasteiger partial charge < -0.3 is 9.80 Å². The highest BCUT2D eigenvalue weighted by molar-refractivity contribution is 6.02. The minimum atomic E-state index is -0.523. The summed E-state index contributed by atoms with van der Waals surface area (Å²) in [5.41, 5.74) is 18.4. The minimum Gasteiger partial charge on any atom is -0.306 e. The molecule has 2 nitrogen and oxygen atoms in total. The largest absolute Gasteiger partial charge is 0.306 e. The van der Waals surface area contributed by atoms with E-state index >= 15 is 0 Å². The molecule has 0 radical (unpaired) electrons. The molecule has 7 aromatic carbocycles. The second-order valence-electron chi connectivity index (χ2n) is 19.1. The van der Waals surface area contributed by atoms with Crippen molar-refractivity contribution < 1.29 is 0 Å². The number of hydrogen-bond acceptors (Lipinski definition) is 2. The molecule has 7 aromatic rings. The molecule has 0 atom stereocenters. The minimum absolute atomic E-state index is 0.0519. The number of nitrogens with zero attached hydrogens (tertiary/aromatic N) is 2. The number of rotatable bonds is 4. The number of hydrogen-bond donors (Lipinski definition) is 0. The van der Waals surface area contributed by atoms with Crippen LogP contribution in [-0.4, -0.2) is 0 Å². The van der Waals surface area contributed by atoms with E-state index in [4.69, 9.17) is 0 Å². The van der Waals surface area contributed by atoms with Crippen LogP contribution in [0.1, 0.15) is 101 Å². The van der Waals surface area contributed by atoms with Crippen LogP contribution in [0, 0.1) is 0 Å². The Morgan fingerprint density at radius 3 is 1.12 bits per heavy atom. The zero-order chi connectivity index (χ0) is 39.9. The molecule has 0 unspecified atom stereocenters. The van der Waals surface area contributed by atoms with E-state index in [0.717, 1.165) is 34.1 Å². The van der Waals surface area contributed by atoms with E-state index in [9.17, 15) is 0 Å². The zero-order valence-corrected chi connectivity index (χ0v) is 35.0. The highest BCUT2D eigenvalue weighted by Gasteiger charge is 2.47. The summed E-state index contributed by atoms with van der Waals surface area (Å²) in [7, 11) is 0. The van der Waals surface area contributed by atoms with Gasteiger partial charge in [0.25, 0.3) is 0 Å². The van der Waals surface area contributed by atoms with Crippen molar-refractivity contribution in [2.75, 3.05) is 9.80 Å². The van der Waals surface area contributed by atoms with Gasteiger partial charge in [-0.05, 0) is 115 Å². The van der Waals surface area contributed by atoms with Gasteiger partial charge in [0, 0.05) is 11.4 Å². The standard InChI is InChI=1S/C55H54N2/c1-52(2,3)37-22-26-40(27-23-37)55(41-28-24-38(25-29-41)53(4,5)6)46-17-11-10-16-44(46)45-35-34-43(36-47(45)55)57-50-20-14-12-18-48(50)56(49-19-13-15-21-51(49)57)42-32-30-39(31-33-42)54(7,8)9/h10-36H,1-9H3. The fraction of sp³-hybridized carbons (Fsp3) is 0.236. The molecule has 0 fully saturated rings. The molecule has 2 aliphatic rings. The van der Waals surface area contributed by atoms with Crippen LogP contribution in [0.4, 0.5) is 34.1 Å². The third-order valence-electron chi connectivity index (χ3n) is 12.4. The highest BCUT2D eigenvalue weighted by atomic mass is 15.3. The Morgan fingerprint density at radius 2 is 0.684 bits per heavy atom. The molecule has 0 amide bonds. The molecule has 1 aliphatic carbocycles. The van der Waals surface area contributed by atoms with Gasteiger partial charge in [0.15, 0.2) is 0 Å². The van der Waals surface area contributed by atoms with Gasteiger partial charge in [-0.3, -0.25) is 0 Å². The van der Waals surface area contributed by atoms with Crippen LogP contribution >= 0.6 is 0 Å². The summed E-state index contributed by atoms with van der Waals surface area (Å²) in [4.78, 5) is 4.90. The molecule has 0 saturated carbocycles. The summed E-state index contributed by atoms with van der Waals surface area (Å²) in [5, 5.41) is 0. The number of anilines is 6. The molecule has 1 aliphatic heterocycles. The maximum Gasteiger partial charge on any atom is 0.0714 e. The Balaban J connectivity index is 1.28. The summed E-state index contributed by atoms with van der Waals surface area (Å²) in [6, 6.07) is 62.1. The van der Waals surface area contributed by atoms with Crippen LogP contribution in [0.15, 0.2) is 164 Å². The number of para-hydroxylation sites is 4. The van der Waals surface area contributed by atoms with E-state index in [1.165, 1.54) is 50.1 Å². The van der Waals surface area contributed by atoms with Gasteiger partial charge >= 0.3 is 0 Å². The van der Waals surface area contributed by atoms with Crippen LogP contribution in [-0.2, 0) is 21.7 Å². The van der Waals surface area contributed by atoms with Crippen molar-refractivity contribution >= 4 is 34.1 Å². The first-order valence-electron chi connectivity index (χ1n) is 20.5. The highest BCUT2D eigenvalue weighted by Crippen LogP contribution is 2.59. The van der Waals surface area contributed by atoms with E-state index in [-0.39, 0.29) is 16.2 Å². The Morgan fingerprint density at radius 1 is 0.333 bits per heavy atom. The molecule has 2 heteroatoms. The second kappa shape index (κ2) is 13.1. The molecular formula is C55H54N2. The van der Waals surface area contributed by atoms with Crippen LogP contribution in [0.5, 0.6) is 0 Å².